The van der Waals surface area contributed by atoms with Crippen molar-refractivity contribution < 1.29 is 9.53 Å². The van der Waals surface area contributed by atoms with Gasteiger partial charge in [-0.3, -0.25) is 0 Å². The number of rotatable bonds is 4. The van der Waals surface area contributed by atoms with E-state index >= 15 is 0 Å². The Hall–Kier alpha value is -0.820. The number of ether oxygens (including phenoxy) is 1. The zero-order valence-electron chi connectivity index (χ0n) is 9.34. The van der Waals surface area contributed by atoms with E-state index in [1.807, 2.05) is 25.1 Å². The lowest BCUT2D eigenvalue weighted by atomic mass is 10.2. The predicted molar refractivity (Wildman–Crippen MR) is 72.8 cm³/mol. The third-order valence-electron chi connectivity index (χ3n) is 2.11. The van der Waals surface area contributed by atoms with Crippen molar-refractivity contribution in [1.29, 1.82) is 0 Å². The van der Waals surface area contributed by atoms with Crippen LogP contribution in [0.5, 0.6) is 0 Å². The molecule has 1 aromatic rings. The molecule has 0 unspecified atom stereocenters. The van der Waals surface area contributed by atoms with E-state index in [0.29, 0.717) is 13.2 Å². The number of halogens is 1. The van der Waals surface area contributed by atoms with Crippen LogP contribution in [0, 0.1) is 10.5 Å². The maximum Gasteiger partial charge on any atom is 0.319 e. The molecule has 0 aromatic heterocycles. The van der Waals surface area contributed by atoms with Crippen molar-refractivity contribution in [2.75, 3.05) is 25.6 Å². The molecule has 1 rings (SSSR count). The van der Waals surface area contributed by atoms with E-state index in [2.05, 4.69) is 33.2 Å². The summed E-state index contributed by atoms with van der Waals surface area (Å²) in [4.78, 5) is 11.5. The van der Waals surface area contributed by atoms with Crippen LogP contribution < -0.4 is 10.6 Å². The molecule has 88 valence electrons. The minimum atomic E-state index is -0.206. The van der Waals surface area contributed by atoms with Gasteiger partial charge in [0.05, 0.1) is 6.61 Å². The van der Waals surface area contributed by atoms with Crippen molar-refractivity contribution in [2.24, 2.45) is 0 Å². The number of benzene rings is 1. The van der Waals surface area contributed by atoms with Crippen LogP contribution in [-0.4, -0.2) is 26.3 Å². The van der Waals surface area contributed by atoms with Crippen molar-refractivity contribution in [1.82, 2.24) is 5.32 Å². The van der Waals surface area contributed by atoms with Gasteiger partial charge >= 0.3 is 6.03 Å². The highest BCUT2D eigenvalue weighted by Crippen LogP contribution is 2.19. The zero-order valence-corrected chi connectivity index (χ0v) is 11.5. The van der Waals surface area contributed by atoms with Crippen LogP contribution in [0.4, 0.5) is 10.5 Å². The minimum absolute atomic E-state index is 0.206. The number of urea groups is 1. The summed E-state index contributed by atoms with van der Waals surface area (Å²) in [6.45, 7) is 3.00. The molecule has 0 spiro atoms. The molecule has 2 N–H and O–H groups in total. The van der Waals surface area contributed by atoms with E-state index in [0.717, 1.165) is 14.8 Å². The van der Waals surface area contributed by atoms with E-state index in [9.17, 15) is 4.79 Å². The molecule has 0 saturated carbocycles. The van der Waals surface area contributed by atoms with E-state index in [-0.39, 0.29) is 6.03 Å². The Bertz CT molecular complexity index is 369. The molecular formula is C11H15IN2O2. The molecule has 1 aromatic carbocycles. The Labute approximate surface area is 109 Å². The number of anilines is 1. The predicted octanol–water partition coefficient (Wildman–Crippen LogP) is 2.37. The SMILES string of the molecule is COCCNC(=O)Nc1cccc(I)c1C. The lowest BCUT2D eigenvalue weighted by Crippen LogP contribution is -2.31. The second-order valence-electron chi connectivity index (χ2n) is 3.29. The highest BCUT2D eigenvalue weighted by Gasteiger charge is 2.05. The van der Waals surface area contributed by atoms with Gasteiger partial charge in [0.25, 0.3) is 0 Å². The zero-order chi connectivity index (χ0) is 12.0. The average molecular weight is 334 g/mol. The Balaban J connectivity index is 2.53. The van der Waals surface area contributed by atoms with Gasteiger partial charge in [0.2, 0.25) is 0 Å². The summed E-state index contributed by atoms with van der Waals surface area (Å²) in [5, 5.41) is 5.50. The number of methoxy groups -OCH3 is 1. The Morgan fingerprint density at radius 3 is 2.94 bits per heavy atom. The van der Waals surface area contributed by atoms with Crippen LogP contribution in [0.15, 0.2) is 18.2 Å². The number of amides is 2. The van der Waals surface area contributed by atoms with Gasteiger partial charge in [0.1, 0.15) is 0 Å². The van der Waals surface area contributed by atoms with Gasteiger partial charge in [-0.05, 0) is 47.2 Å². The van der Waals surface area contributed by atoms with Gasteiger partial charge in [-0.2, -0.15) is 0 Å². The molecule has 2 amide bonds. The standard InChI is InChI=1S/C11H15IN2O2/c1-8-9(12)4-3-5-10(8)14-11(15)13-6-7-16-2/h3-5H,6-7H2,1-2H3,(H2,13,14,15). The number of carbonyl (C=O) groups is 1. The maximum absolute atomic E-state index is 11.5. The molecule has 0 bridgehead atoms. The monoisotopic (exact) mass is 334 g/mol. The quantitative estimate of drug-likeness (QED) is 0.656. The van der Waals surface area contributed by atoms with Crippen molar-refractivity contribution >= 4 is 34.3 Å². The van der Waals surface area contributed by atoms with E-state index in [1.54, 1.807) is 7.11 Å². The summed E-state index contributed by atoms with van der Waals surface area (Å²) in [6, 6.07) is 5.60. The summed E-state index contributed by atoms with van der Waals surface area (Å²) in [5.74, 6) is 0. The van der Waals surface area contributed by atoms with E-state index in [1.165, 1.54) is 0 Å². The van der Waals surface area contributed by atoms with Gasteiger partial charge in [0.15, 0.2) is 0 Å². The van der Waals surface area contributed by atoms with Gasteiger partial charge in [-0.25, -0.2) is 4.79 Å². The summed E-state index contributed by atoms with van der Waals surface area (Å²) in [7, 11) is 1.60. The number of nitrogens with one attached hydrogen (secondary N) is 2. The topological polar surface area (TPSA) is 50.4 Å². The first-order valence-electron chi connectivity index (χ1n) is 4.94. The first-order valence-corrected chi connectivity index (χ1v) is 6.02. The largest absolute Gasteiger partial charge is 0.383 e. The Kier molecular flexibility index (Phi) is 5.54. The third-order valence-corrected chi connectivity index (χ3v) is 3.28. The normalized spacial score (nSPS) is 9.94. The Morgan fingerprint density at radius 1 is 1.50 bits per heavy atom. The molecule has 4 nitrogen and oxygen atoms in total. The van der Waals surface area contributed by atoms with Crippen LogP contribution in [0.25, 0.3) is 0 Å². The first-order chi connectivity index (χ1) is 7.65. The van der Waals surface area contributed by atoms with E-state index < -0.39 is 0 Å². The molecule has 16 heavy (non-hydrogen) atoms. The van der Waals surface area contributed by atoms with Crippen LogP contribution in [0.2, 0.25) is 0 Å². The van der Waals surface area contributed by atoms with Crippen LogP contribution >= 0.6 is 22.6 Å². The molecule has 5 heteroatoms. The first kappa shape index (κ1) is 13.2. The molecule has 0 fully saturated rings. The summed E-state index contributed by atoms with van der Waals surface area (Å²) in [6.07, 6.45) is 0. The molecule has 0 aliphatic heterocycles. The van der Waals surface area contributed by atoms with Crippen molar-refractivity contribution in [2.45, 2.75) is 6.92 Å². The number of hydrogen-bond donors (Lipinski definition) is 2. The maximum atomic E-state index is 11.5. The lowest BCUT2D eigenvalue weighted by Gasteiger charge is -2.10. The molecule has 0 saturated heterocycles. The van der Waals surface area contributed by atoms with Crippen LogP contribution in [-0.2, 0) is 4.74 Å². The van der Waals surface area contributed by atoms with Crippen molar-refractivity contribution in [3.8, 4) is 0 Å². The van der Waals surface area contributed by atoms with Crippen LogP contribution in [0.3, 0.4) is 0 Å². The molecule has 0 aliphatic carbocycles. The fourth-order valence-corrected chi connectivity index (χ4v) is 1.67. The minimum Gasteiger partial charge on any atom is -0.383 e. The second kappa shape index (κ2) is 6.70. The summed E-state index contributed by atoms with van der Waals surface area (Å²) >= 11 is 2.24. The lowest BCUT2D eigenvalue weighted by molar-refractivity contribution is 0.198. The van der Waals surface area contributed by atoms with Crippen molar-refractivity contribution in [3.05, 3.63) is 27.3 Å². The average Bonchev–Trinajstić information content (AvgIpc) is 2.25. The smallest absolute Gasteiger partial charge is 0.319 e. The fraction of sp³-hybridized carbons (Fsp3) is 0.364. The molecule has 0 radical (unpaired) electrons. The second-order valence-corrected chi connectivity index (χ2v) is 4.45. The van der Waals surface area contributed by atoms with E-state index in [4.69, 9.17) is 4.74 Å². The number of hydrogen-bond acceptors (Lipinski definition) is 2. The highest BCUT2D eigenvalue weighted by molar-refractivity contribution is 14.1. The molecule has 0 heterocycles. The summed E-state index contributed by atoms with van der Waals surface area (Å²) < 4.78 is 5.97. The molecule has 0 atom stereocenters. The third kappa shape index (κ3) is 3.97. The van der Waals surface area contributed by atoms with Gasteiger partial charge in [-0.1, -0.05) is 6.07 Å². The van der Waals surface area contributed by atoms with Gasteiger partial charge < -0.3 is 15.4 Å². The van der Waals surface area contributed by atoms with Gasteiger partial charge in [0, 0.05) is 22.9 Å². The molecular weight excluding hydrogens is 319 g/mol. The molecule has 0 aliphatic rings. The van der Waals surface area contributed by atoms with Crippen LogP contribution in [0.1, 0.15) is 5.56 Å². The summed E-state index contributed by atoms with van der Waals surface area (Å²) in [5.41, 5.74) is 1.91. The fourth-order valence-electron chi connectivity index (χ4n) is 1.18. The van der Waals surface area contributed by atoms with Crippen molar-refractivity contribution in [3.63, 3.8) is 0 Å². The van der Waals surface area contributed by atoms with Gasteiger partial charge in [-0.15, -0.1) is 0 Å². The number of carbonyl (C=O) groups excluding carboxylic acids is 1. The Morgan fingerprint density at radius 2 is 2.25 bits per heavy atom. The highest BCUT2D eigenvalue weighted by atomic mass is 127.